The Bertz CT molecular complexity index is 974. The van der Waals surface area contributed by atoms with E-state index in [-0.39, 0.29) is 6.03 Å². The zero-order valence-corrected chi connectivity index (χ0v) is 13.4. The van der Waals surface area contributed by atoms with Crippen molar-refractivity contribution >= 4 is 28.7 Å². The number of benzene rings is 3. The van der Waals surface area contributed by atoms with E-state index in [0.717, 1.165) is 22.2 Å². The third-order valence-electron chi connectivity index (χ3n) is 3.87. The van der Waals surface area contributed by atoms with Crippen molar-refractivity contribution in [2.75, 3.05) is 10.6 Å². The van der Waals surface area contributed by atoms with Crippen molar-refractivity contribution in [3.63, 3.8) is 0 Å². The number of imidazole rings is 1. The molecule has 0 aliphatic carbocycles. The Morgan fingerprint density at radius 1 is 0.760 bits per heavy atom. The normalized spacial score (nSPS) is 10.6. The van der Waals surface area contributed by atoms with Gasteiger partial charge in [-0.15, -0.1) is 0 Å². The lowest BCUT2D eigenvalue weighted by Gasteiger charge is -2.07. The smallest absolute Gasteiger partial charge is 0.324 e. The molecule has 0 saturated carbocycles. The van der Waals surface area contributed by atoms with Gasteiger partial charge in [-0.25, -0.2) is 9.78 Å². The van der Waals surface area contributed by atoms with E-state index in [1.807, 2.05) is 66.7 Å². The van der Waals surface area contributed by atoms with E-state index < -0.39 is 0 Å². The molecule has 0 atom stereocenters. The molecule has 0 unspecified atom stereocenters. The van der Waals surface area contributed by atoms with Crippen molar-refractivity contribution in [3.05, 3.63) is 78.9 Å². The summed E-state index contributed by atoms with van der Waals surface area (Å²) in [5.74, 6) is 0.416. The summed E-state index contributed by atoms with van der Waals surface area (Å²) in [6.45, 7) is 0. The fourth-order valence-corrected chi connectivity index (χ4v) is 2.66. The molecule has 4 rings (SSSR count). The molecule has 0 bridgehead atoms. The van der Waals surface area contributed by atoms with E-state index in [2.05, 4.69) is 32.7 Å². The van der Waals surface area contributed by atoms with Crippen LogP contribution >= 0.6 is 0 Å². The first-order valence-electron chi connectivity index (χ1n) is 7.96. The molecule has 3 N–H and O–H groups in total. The van der Waals surface area contributed by atoms with Crippen LogP contribution in [0.25, 0.3) is 22.2 Å². The predicted octanol–water partition coefficient (Wildman–Crippen LogP) is 4.87. The molecule has 0 spiro atoms. The monoisotopic (exact) mass is 328 g/mol. The molecule has 5 heteroatoms. The zero-order chi connectivity index (χ0) is 17.1. The number of rotatable bonds is 3. The minimum atomic E-state index is -0.341. The summed E-state index contributed by atoms with van der Waals surface area (Å²) in [4.78, 5) is 19.5. The van der Waals surface area contributed by atoms with Gasteiger partial charge in [0.05, 0.1) is 11.0 Å². The third-order valence-corrected chi connectivity index (χ3v) is 3.87. The van der Waals surface area contributed by atoms with E-state index in [1.165, 1.54) is 0 Å². The number of hydrogen-bond donors (Lipinski definition) is 3. The number of carbonyl (C=O) groups is 1. The number of fused-ring (bicyclic) bond motifs is 1. The molecular weight excluding hydrogens is 312 g/mol. The average Bonchev–Trinajstić information content (AvgIpc) is 3.05. The van der Waals surface area contributed by atoms with Gasteiger partial charge in [-0.05, 0) is 35.4 Å². The first-order chi connectivity index (χ1) is 12.3. The summed E-state index contributed by atoms with van der Waals surface area (Å²) < 4.78 is 0. The zero-order valence-electron chi connectivity index (χ0n) is 13.4. The Morgan fingerprint density at radius 3 is 2.20 bits per heavy atom. The maximum Gasteiger partial charge on any atom is 0.326 e. The molecule has 0 fully saturated rings. The molecule has 122 valence electrons. The van der Waals surface area contributed by atoms with Crippen molar-refractivity contribution in [2.45, 2.75) is 0 Å². The first-order valence-corrected chi connectivity index (χ1v) is 7.96. The summed E-state index contributed by atoms with van der Waals surface area (Å²) in [5, 5.41) is 5.51. The number of carbonyl (C=O) groups excluding carboxylic acids is 1. The third kappa shape index (κ3) is 3.35. The van der Waals surface area contributed by atoms with Gasteiger partial charge in [0.25, 0.3) is 0 Å². The highest BCUT2D eigenvalue weighted by Crippen LogP contribution is 2.21. The van der Waals surface area contributed by atoms with Gasteiger partial charge >= 0.3 is 6.03 Å². The topological polar surface area (TPSA) is 69.8 Å². The fraction of sp³-hybridized carbons (Fsp3) is 0. The number of amides is 2. The van der Waals surface area contributed by atoms with Crippen molar-refractivity contribution in [2.24, 2.45) is 0 Å². The number of aromatic nitrogens is 2. The Balaban J connectivity index is 1.43. The molecule has 0 aliphatic rings. The quantitative estimate of drug-likeness (QED) is 0.502. The van der Waals surface area contributed by atoms with Gasteiger partial charge in [0.2, 0.25) is 5.95 Å². The Morgan fingerprint density at radius 2 is 1.44 bits per heavy atom. The molecule has 1 aromatic heterocycles. The molecule has 3 aromatic carbocycles. The molecule has 5 nitrogen and oxygen atoms in total. The molecular formula is C20H16N4O. The van der Waals surface area contributed by atoms with Gasteiger partial charge in [0, 0.05) is 5.69 Å². The van der Waals surface area contributed by atoms with Crippen LogP contribution in [0.2, 0.25) is 0 Å². The number of H-pyrrole nitrogens is 1. The van der Waals surface area contributed by atoms with Crippen LogP contribution in [0.15, 0.2) is 78.9 Å². The highest BCUT2D eigenvalue weighted by atomic mass is 16.2. The van der Waals surface area contributed by atoms with Gasteiger partial charge in [0.15, 0.2) is 0 Å². The number of para-hydroxylation sites is 2. The van der Waals surface area contributed by atoms with Crippen LogP contribution in [0, 0.1) is 0 Å². The summed E-state index contributed by atoms with van der Waals surface area (Å²) in [5.41, 5.74) is 4.65. The van der Waals surface area contributed by atoms with E-state index in [1.54, 1.807) is 0 Å². The second-order valence-corrected chi connectivity index (χ2v) is 5.63. The van der Waals surface area contributed by atoms with Crippen LogP contribution in [-0.4, -0.2) is 16.0 Å². The lowest BCUT2D eigenvalue weighted by molar-refractivity contribution is 0.262. The van der Waals surface area contributed by atoms with Gasteiger partial charge in [-0.3, -0.25) is 5.32 Å². The summed E-state index contributed by atoms with van der Waals surface area (Å²) in [6.07, 6.45) is 0. The summed E-state index contributed by atoms with van der Waals surface area (Å²) in [7, 11) is 0. The first kappa shape index (κ1) is 15.0. The Labute approximate surface area is 144 Å². The van der Waals surface area contributed by atoms with Crippen LogP contribution in [0.5, 0.6) is 0 Å². The molecule has 0 saturated heterocycles. The minimum Gasteiger partial charge on any atom is -0.324 e. The SMILES string of the molecule is O=C(Nc1ccc(-c2ccccc2)cc1)Nc1nc2ccccc2[nH]1. The van der Waals surface area contributed by atoms with E-state index in [9.17, 15) is 4.79 Å². The minimum absolute atomic E-state index is 0.341. The maximum absolute atomic E-state index is 12.1. The lowest BCUT2D eigenvalue weighted by Crippen LogP contribution is -2.20. The molecule has 1 heterocycles. The van der Waals surface area contributed by atoms with Crippen LogP contribution in [0.3, 0.4) is 0 Å². The van der Waals surface area contributed by atoms with Gasteiger partial charge < -0.3 is 10.3 Å². The molecule has 4 aromatic rings. The largest absolute Gasteiger partial charge is 0.326 e. The number of hydrogen-bond acceptors (Lipinski definition) is 2. The second kappa shape index (κ2) is 6.49. The number of anilines is 2. The Kier molecular flexibility index (Phi) is 3.88. The van der Waals surface area contributed by atoms with Crippen molar-refractivity contribution in [1.29, 1.82) is 0 Å². The summed E-state index contributed by atoms with van der Waals surface area (Å²) >= 11 is 0. The number of urea groups is 1. The number of nitrogens with zero attached hydrogens (tertiary/aromatic N) is 1. The number of aromatic amines is 1. The van der Waals surface area contributed by atoms with Gasteiger partial charge in [0.1, 0.15) is 0 Å². The lowest BCUT2D eigenvalue weighted by atomic mass is 10.1. The summed E-state index contributed by atoms with van der Waals surface area (Å²) in [6, 6.07) is 25.1. The molecule has 25 heavy (non-hydrogen) atoms. The van der Waals surface area contributed by atoms with Crippen LogP contribution in [0.1, 0.15) is 0 Å². The average molecular weight is 328 g/mol. The molecule has 2 amide bonds. The van der Waals surface area contributed by atoms with Crippen molar-refractivity contribution in [1.82, 2.24) is 9.97 Å². The fourth-order valence-electron chi connectivity index (χ4n) is 2.66. The van der Waals surface area contributed by atoms with E-state index in [0.29, 0.717) is 11.6 Å². The second-order valence-electron chi connectivity index (χ2n) is 5.63. The Hall–Kier alpha value is -3.60. The predicted molar refractivity (Wildman–Crippen MR) is 101 cm³/mol. The number of nitrogens with one attached hydrogen (secondary N) is 3. The standard InChI is InChI=1S/C20H16N4O/c25-20(24-19-22-17-8-4-5-9-18(17)23-19)21-16-12-10-15(11-13-16)14-6-2-1-3-7-14/h1-13H,(H3,21,22,23,24,25). The van der Waals surface area contributed by atoms with Crippen LogP contribution < -0.4 is 10.6 Å². The molecule has 0 aliphatic heterocycles. The van der Waals surface area contributed by atoms with Gasteiger partial charge in [-0.1, -0.05) is 54.6 Å². The van der Waals surface area contributed by atoms with Crippen molar-refractivity contribution in [3.8, 4) is 11.1 Å². The van der Waals surface area contributed by atoms with Crippen LogP contribution in [0.4, 0.5) is 16.4 Å². The van der Waals surface area contributed by atoms with E-state index >= 15 is 0 Å². The van der Waals surface area contributed by atoms with Gasteiger partial charge in [-0.2, -0.15) is 0 Å². The van der Waals surface area contributed by atoms with Crippen LogP contribution in [-0.2, 0) is 0 Å². The molecule has 0 radical (unpaired) electrons. The maximum atomic E-state index is 12.1. The van der Waals surface area contributed by atoms with Crippen molar-refractivity contribution < 1.29 is 4.79 Å². The highest BCUT2D eigenvalue weighted by Gasteiger charge is 2.07. The van der Waals surface area contributed by atoms with E-state index in [4.69, 9.17) is 0 Å². The highest BCUT2D eigenvalue weighted by molar-refractivity contribution is 5.99.